The molecule has 0 bridgehead atoms. The van der Waals surface area contributed by atoms with Crippen molar-refractivity contribution < 1.29 is 47.5 Å². The molecule has 0 aromatic rings. The fraction of sp³-hybridized carbons (Fsp3) is 0.891. The molecule has 0 radical (unpaired) electrons. The summed E-state index contributed by atoms with van der Waals surface area (Å²) < 4.78 is 32.7. The number of hydrogen-bond donors (Lipinski definition) is 3. The maximum absolute atomic E-state index is 12.7. The molecule has 58 heavy (non-hydrogen) atoms. The molecule has 0 spiro atoms. The van der Waals surface area contributed by atoms with Crippen LogP contribution in [0.2, 0.25) is 0 Å². The summed E-state index contributed by atoms with van der Waals surface area (Å²) in [5, 5.41) is 8.90. The zero-order valence-electron chi connectivity index (χ0n) is 37.2. The Bertz CT molecular complexity index is 1040. The third-order valence-electron chi connectivity index (χ3n) is 10.5. The van der Waals surface area contributed by atoms with Gasteiger partial charge in [-0.25, -0.2) is 4.57 Å². The number of carbonyl (C=O) groups excluding carboxylic acids is 2. The molecule has 0 heterocycles. The number of phosphoric ester groups is 1. The number of carboxylic acid groups (broad SMARTS) is 1. The molecule has 0 aliphatic carbocycles. The van der Waals surface area contributed by atoms with Crippen molar-refractivity contribution in [3.05, 3.63) is 12.2 Å². The standard InChI is InChI=1S/C46H88NO10P/c1-3-5-7-9-11-13-15-17-19-20-21-22-24-26-28-30-32-34-36-38-45(49)57-42(40-55-58(52,53)56-41-43(47)46(50)51)39-54-44(48)37-35-33-31-29-27-25-23-18-16-14-12-10-8-6-4-2/h31,33,42-43H,3-30,32,34-41,47H2,1-2H3,(H,50,51)(H,52,53)/b33-31+/t42-,43+/m1/s1. The largest absolute Gasteiger partial charge is 0.480 e. The van der Waals surface area contributed by atoms with Gasteiger partial charge in [0.1, 0.15) is 12.6 Å². The first-order valence-corrected chi connectivity index (χ1v) is 25.2. The summed E-state index contributed by atoms with van der Waals surface area (Å²) in [6.45, 7) is 2.80. The summed E-state index contributed by atoms with van der Waals surface area (Å²) >= 11 is 0. The number of unbranched alkanes of at least 4 members (excludes halogenated alkanes) is 29. The van der Waals surface area contributed by atoms with Gasteiger partial charge in [-0.15, -0.1) is 0 Å². The summed E-state index contributed by atoms with van der Waals surface area (Å²) in [7, 11) is -4.72. The van der Waals surface area contributed by atoms with Crippen LogP contribution in [0.4, 0.5) is 0 Å². The van der Waals surface area contributed by atoms with Crippen molar-refractivity contribution in [2.45, 2.75) is 244 Å². The molecule has 0 aliphatic heterocycles. The second kappa shape index (κ2) is 41.9. The normalized spacial score (nSPS) is 13.7. The van der Waals surface area contributed by atoms with E-state index < -0.39 is 51.1 Å². The summed E-state index contributed by atoms with van der Waals surface area (Å²) in [6.07, 6.45) is 42.9. The van der Waals surface area contributed by atoms with Crippen LogP contribution in [0.25, 0.3) is 0 Å². The van der Waals surface area contributed by atoms with Crippen LogP contribution >= 0.6 is 7.82 Å². The highest BCUT2D eigenvalue weighted by molar-refractivity contribution is 7.47. The fourth-order valence-corrected chi connectivity index (χ4v) is 7.57. The van der Waals surface area contributed by atoms with Gasteiger partial charge in [0.15, 0.2) is 6.10 Å². The van der Waals surface area contributed by atoms with E-state index in [-0.39, 0.29) is 19.4 Å². The number of rotatable bonds is 45. The second-order valence-corrected chi connectivity index (χ2v) is 17.7. The molecular formula is C46H88NO10P. The molecule has 11 nitrogen and oxygen atoms in total. The topological polar surface area (TPSA) is 172 Å². The van der Waals surface area contributed by atoms with Gasteiger partial charge < -0.3 is 25.2 Å². The molecule has 4 N–H and O–H groups in total. The molecule has 0 amide bonds. The summed E-state index contributed by atoms with van der Waals surface area (Å²) in [5.41, 5.74) is 5.34. The minimum Gasteiger partial charge on any atom is -0.480 e. The molecule has 12 heteroatoms. The molecule has 0 aromatic heterocycles. The van der Waals surface area contributed by atoms with Crippen molar-refractivity contribution in [2.75, 3.05) is 19.8 Å². The number of allylic oxidation sites excluding steroid dienone is 2. The van der Waals surface area contributed by atoms with Crippen molar-refractivity contribution in [3.63, 3.8) is 0 Å². The van der Waals surface area contributed by atoms with Crippen molar-refractivity contribution in [2.24, 2.45) is 5.73 Å². The highest BCUT2D eigenvalue weighted by atomic mass is 31.2. The third kappa shape index (κ3) is 41.0. The number of phosphoric acid groups is 1. The maximum atomic E-state index is 12.7. The number of hydrogen-bond acceptors (Lipinski definition) is 9. The summed E-state index contributed by atoms with van der Waals surface area (Å²) in [6, 6.07) is -1.52. The molecular weight excluding hydrogens is 757 g/mol. The van der Waals surface area contributed by atoms with Gasteiger partial charge in [0, 0.05) is 12.8 Å². The number of carboxylic acids is 1. The smallest absolute Gasteiger partial charge is 0.472 e. The molecule has 0 fully saturated rings. The highest BCUT2D eigenvalue weighted by Crippen LogP contribution is 2.43. The van der Waals surface area contributed by atoms with Crippen LogP contribution in [-0.4, -0.2) is 59.9 Å². The lowest BCUT2D eigenvalue weighted by atomic mass is 10.0. The Morgan fingerprint density at radius 2 is 0.897 bits per heavy atom. The lowest BCUT2D eigenvalue weighted by Crippen LogP contribution is -2.34. The Morgan fingerprint density at radius 1 is 0.517 bits per heavy atom. The Hall–Kier alpha value is -1.78. The van der Waals surface area contributed by atoms with Crippen LogP contribution < -0.4 is 5.73 Å². The predicted octanol–water partition coefficient (Wildman–Crippen LogP) is 12.8. The van der Waals surface area contributed by atoms with Gasteiger partial charge in [0.05, 0.1) is 13.2 Å². The quantitative estimate of drug-likeness (QED) is 0.0230. The van der Waals surface area contributed by atoms with Gasteiger partial charge in [-0.2, -0.15) is 0 Å². The van der Waals surface area contributed by atoms with E-state index in [1.165, 1.54) is 161 Å². The van der Waals surface area contributed by atoms with Gasteiger partial charge in [0.2, 0.25) is 0 Å². The van der Waals surface area contributed by atoms with Gasteiger partial charge in [0.25, 0.3) is 0 Å². The molecule has 0 aromatic carbocycles. The van der Waals surface area contributed by atoms with Gasteiger partial charge >= 0.3 is 25.7 Å². The highest BCUT2D eigenvalue weighted by Gasteiger charge is 2.28. The van der Waals surface area contributed by atoms with E-state index in [1.54, 1.807) is 0 Å². The first-order chi connectivity index (χ1) is 28.1. The van der Waals surface area contributed by atoms with E-state index in [9.17, 15) is 23.8 Å². The number of esters is 2. The molecule has 3 atom stereocenters. The van der Waals surface area contributed by atoms with E-state index in [0.717, 1.165) is 32.1 Å². The van der Waals surface area contributed by atoms with Crippen LogP contribution in [-0.2, 0) is 37.5 Å². The minimum atomic E-state index is -4.72. The van der Waals surface area contributed by atoms with Crippen molar-refractivity contribution in [1.29, 1.82) is 0 Å². The Morgan fingerprint density at radius 3 is 1.33 bits per heavy atom. The first-order valence-electron chi connectivity index (χ1n) is 23.7. The lowest BCUT2D eigenvalue weighted by molar-refractivity contribution is -0.161. The zero-order chi connectivity index (χ0) is 42.8. The first kappa shape index (κ1) is 56.2. The van der Waals surface area contributed by atoms with E-state index in [2.05, 4.69) is 24.4 Å². The lowest BCUT2D eigenvalue weighted by Gasteiger charge is -2.20. The number of carbonyl (C=O) groups is 3. The Kier molecular flexibility index (Phi) is 40.6. The zero-order valence-corrected chi connectivity index (χ0v) is 38.1. The predicted molar refractivity (Wildman–Crippen MR) is 236 cm³/mol. The Labute approximate surface area is 354 Å². The van der Waals surface area contributed by atoms with Crippen molar-refractivity contribution in [1.82, 2.24) is 0 Å². The van der Waals surface area contributed by atoms with Crippen LogP contribution in [0, 0.1) is 0 Å². The average Bonchev–Trinajstić information content (AvgIpc) is 3.20. The third-order valence-corrected chi connectivity index (χ3v) is 11.5. The molecule has 0 rings (SSSR count). The fourth-order valence-electron chi connectivity index (χ4n) is 6.79. The van der Waals surface area contributed by atoms with Gasteiger partial charge in [-0.3, -0.25) is 23.4 Å². The van der Waals surface area contributed by atoms with Crippen LogP contribution in [0.5, 0.6) is 0 Å². The molecule has 0 aliphatic rings. The average molecular weight is 846 g/mol. The van der Waals surface area contributed by atoms with E-state index in [0.29, 0.717) is 12.8 Å². The number of nitrogens with two attached hydrogens (primary N) is 1. The van der Waals surface area contributed by atoms with Gasteiger partial charge in [-0.05, 0) is 25.7 Å². The molecule has 342 valence electrons. The van der Waals surface area contributed by atoms with E-state index in [4.69, 9.17) is 24.8 Å². The second-order valence-electron chi connectivity index (χ2n) is 16.2. The number of ether oxygens (including phenoxy) is 2. The van der Waals surface area contributed by atoms with Gasteiger partial charge in [-0.1, -0.05) is 206 Å². The summed E-state index contributed by atoms with van der Waals surface area (Å²) in [4.78, 5) is 46.0. The SMILES string of the molecule is CCCCCCCCCCCCC/C=C/CCC(=O)OC[C@H](COP(=O)(O)OC[C@H](N)C(=O)O)OC(=O)CCCCCCCCCCCCCCCCCCCCC. The van der Waals surface area contributed by atoms with Crippen molar-refractivity contribution in [3.8, 4) is 0 Å². The maximum Gasteiger partial charge on any atom is 0.472 e. The monoisotopic (exact) mass is 846 g/mol. The van der Waals surface area contributed by atoms with Crippen LogP contribution in [0.3, 0.4) is 0 Å². The van der Waals surface area contributed by atoms with Crippen LogP contribution in [0.15, 0.2) is 12.2 Å². The molecule has 1 unspecified atom stereocenters. The Balaban J connectivity index is 4.29. The van der Waals surface area contributed by atoms with Crippen molar-refractivity contribution >= 4 is 25.7 Å². The van der Waals surface area contributed by atoms with Crippen LogP contribution in [0.1, 0.15) is 232 Å². The van der Waals surface area contributed by atoms with E-state index in [1.807, 2.05) is 6.08 Å². The molecule has 0 saturated heterocycles. The minimum absolute atomic E-state index is 0.143. The molecule has 0 saturated carbocycles. The number of aliphatic carboxylic acids is 1. The van der Waals surface area contributed by atoms with E-state index >= 15 is 0 Å². The summed E-state index contributed by atoms with van der Waals surface area (Å²) in [5.74, 6) is -2.42.